The highest BCUT2D eigenvalue weighted by Crippen LogP contribution is 2.33. The highest BCUT2D eigenvalue weighted by atomic mass is 16.5. The summed E-state index contributed by atoms with van der Waals surface area (Å²) in [6.45, 7) is 9.31. The molecule has 2 fully saturated rings. The number of methoxy groups -OCH3 is 1. The smallest absolute Gasteiger partial charge is 0.407 e. The second-order valence-corrected chi connectivity index (χ2v) is 14.2. The summed E-state index contributed by atoms with van der Waals surface area (Å²) in [7, 11) is 1.30. The Morgan fingerprint density at radius 1 is 1.00 bits per heavy atom. The van der Waals surface area contributed by atoms with E-state index in [1.807, 2.05) is 44.7 Å². The standard InChI is InChI=1S/C38H47N7O5/c1-22(2)34-36(47)44(21-33(46)42-34)20-32-40-19-30(41-32)27-14-12-25(13-15-27)24-8-10-26(11-9-24)28-17-29(39-18-28)31-7-6-16-45(31)37(48)35(23(3)4)43-38(49)50-5/h8-15,19,22-23,28,31,34-35H,6-7,16-18,20-21H2,1-5H3,(H,40,41)(H,42,46)(H,43,49)/t28?,31-,34-,35-/m0/s1. The van der Waals surface area contributed by atoms with Crippen LogP contribution in [-0.4, -0.2) is 94.2 Å². The van der Waals surface area contributed by atoms with Gasteiger partial charge in [0.05, 0.1) is 31.6 Å². The second-order valence-electron chi connectivity index (χ2n) is 14.2. The minimum Gasteiger partial charge on any atom is -0.453 e. The number of H-pyrrole nitrogens is 1. The number of benzene rings is 2. The molecule has 1 unspecified atom stereocenters. The van der Waals surface area contributed by atoms with Gasteiger partial charge in [-0.25, -0.2) is 9.78 Å². The lowest BCUT2D eigenvalue weighted by atomic mass is 9.91. The lowest BCUT2D eigenvalue weighted by molar-refractivity contribution is -0.146. The molecule has 3 aliphatic heterocycles. The van der Waals surface area contributed by atoms with E-state index >= 15 is 0 Å². The lowest BCUT2D eigenvalue weighted by Crippen LogP contribution is -2.59. The molecule has 4 heterocycles. The number of hydrogen-bond acceptors (Lipinski definition) is 7. The van der Waals surface area contributed by atoms with Gasteiger partial charge in [0.2, 0.25) is 17.7 Å². The first-order valence-electron chi connectivity index (χ1n) is 17.5. The van der Waals surface area contributed by atoms with Crippen LogP contribution < -0.4 is 10.6 Å². The van der Waals surface area contributed by atoms with Gasteiger partial charge in [0, 0.05) is 24.7 Å². The van der Waals surface area contributed by atoms with Gasteiger partial charge >= 0.3 is 6.09 Å². The summed E-state index contributed by atoms with van der Waals surface area (Å²) in [5.41, 5.74) is 6.31. The van der Waals surface area contributed by atoms with Gasteiger partial charge in [0.25, 0.3) is 0 Å². The third-order valence-electron chi connectivity index (χ3n) is 10.1. The van der Waals surface area contributed by atoms with Crippen molar-refractivity contribution < 1.29 is 23.9 Å². The van der Waals surface area contributed by atoms with E-state index in [4.69, 9.17) is 9.73 Å². The molecule has 0 aliphatic carbocycles. The van der Waals surface area contributed by atoms with Gasteiger partial charge in [0.1, 0.15) is 24.5 Å². The van der Waals surface area contributed by atoms with Gasteiger partial charge in [-0.05, 0) is 53.4 Å². The number of aliphatic imine (C=N–C) groups is 1. The van der Waals surface area contributed by atoms with Crippen molar-refractivity contribution in [2.45, 2.75) is 77.5 Å². The molecule has 2 saturated heterocycles. The van der Waals surface area contributed by atoms with Crippen LogP contribution in [0.3, 0.4) is 0 Å². The summed E-state index contributed by atoms with van der Waals surface area (Å²) in [5.74, 6) is 0.507. The van der Waals surface area contributed by atoms with Crippen LogP contribution in [0.15, 0.2) is 59.7 Å². The van der Waals surface area contributed by atoms with Crippen LogP contribution in [-0.2, 0) is 25.7 Å². The monoisotopic (exact) mass is 681 g/mol. The molecule has 6 rings (SSSR count). The molecule has 2 aromatic carbocycles. The van der Waals surface area contributed by atoms with Crippen molar-refractivity contribution in [3.8, 4) is 22.4 Å². The Labute approximate surface area is 293 Å². The average molecular weight is 682 g/mol. The molecular weight excluding hydrogens is 634 g/mol. The fraction of sp³-hybridized carbons (Fsp3) is 0.474. The molecule has 3 N–H and O–H groups in total. The van der Waals surface area contributed by atoms with E-state index in [9.17, 15) is 19.2 Å². The first kappa shape index (κ1) is 34.8. The Morgan fingerprint density at radius 2 is 1.68 bits per heavy atom. The predicted molar refractivity (Wildman–Crippen MR) is 190 cm³/mol. The van der Waals surface area contributed by atoms with Gasteiger partial charge < -0.3 is 30.2 Å². The van der Waals surface area contributed by atoms with E-state index in [0.29, 0.717) is 18.9 Å². The highest BCUT2D eigenvalue weighted by molar-refractivity contribution is 5.97. The summed E-state index contributed by atoms with van der Waals surface area (Å²) >= 11 is 0. The Hall–Kier alpha value is -5.00. The maximum atomic E-state index is 13.5. The summed E-state index contributed by atoms with van der Waals surface area (Å²) in [6.07, 6.45) is 3.76. The van der Waals surface area contributed by atoms with Crippen LogP contribution in [0, 0.1) is 11.8 Å². The Kier molecular flexibility index (Phi) is 10.4. The van der Waals surface area contributed by atoms with Gasteiger partial charge in [-0.15, -0.1) is 0 Å². The molecule has 0 saturated carbocycles. The number of nitrogens with one attached hydrogen (secondary N) is 3. The molecule has 0 bridgehead atoms. The number of ether oxygens (including phenoxy) is 1. The molecule has 12 heteroatoms. The number of rotatable bonds is 10. The summed E-state index contributed by atoms with van der Waals surface area (Å²) in [4.78, 5) is 66.7. The van der Waals surface area contributed by atoms with Crippen molar-refractivity contribution in [2.24, 2.45) is 16.8 Å². The van der Waals surface area contributed by atoms with Gasteiger partial charge in [0.15, 0.2) is 0 Å². The van der Waals surface area contributed by atoms with Crippen molar-refractivity contribution >= 4 is 29.5 Å². The van der Waals surface area contributed by atoms with Crippen LogP contribution in [0.4, 0.5) is 4.79 Å². The molecular formula is C38H47N7O5. The molecule has 3 aromatic rings. The third-order valence-corrected chi connectivity index (χ3v) is 10.1. The number of imidazole rings is 1. The Balaban J connectivity index is 1.06. The van der Waals surface area contributed by atoms with Crippen molar-refractivity contribution in [3.05, 3.63) is 66.1 Å². The molecule has 12 nitrogen and oxygen atoms in total. The molecule has 264 valence electrons. The minimum absolute atomic E-state index is 0.00943. The largest absolute Gasteiger partial charge is 0.453 e. The van der Waals surface area contributed by atoms with Crippen LogP contribution in [0.25, 0.3) is 22.4 Å². The molecule has 50 heavy (non-hydrogen) atoms. The number of alkyl carbamates (subject to hydrolysis) is 1. The molecule has 4 atom stereocenters. The Bertz CT molecular complexity index is 1750. The number of aromatic amines is 1. The quantitative estimate of drug-likeness (QED) is 0.287. The SMILES string of the molecule is COC(=O)N[C@H](C(=O)N1CCC[C@H]1C1=NCC(c2ccc(-c3ccc(-c4cnc(CN5CC(=O)N[C@@H](C(C)C)C5=O)[nH]4)cc3)cc2)C1)C(C)C. The number of nitrogens with zero attached hydrogens (tertiary/aromatic N) is 4. The van der Waals surface area contributed by atoms with Crippen LogP contribution in [0.2, 0.25) is 0 Å². The zero-order valence-corrected chi connectivity index (χ0v) is 29.4. The maximum Gasteiger partial charge on any atom is 0.407 e. The van der Waals surface area contributed by atoms with Crippen molar-refractivity contribution in [2.75, 3.05) is 26.7 Å². The molecule has 1 aromatic heterocycles. The molecule has 3 aliphatic rings. The Morgan fingerprint density at radius 3 is 2.34 bits per heavy atom. The van der Waals surface area contributed by atoms with Gasteiger partial charge in [-0.3, -0.25) is 19.4 Å². The van der Waals surface area contributed by atoms with Crippen LogP contribution in [0.5, 0.6) is 0 Å². The van der Waals surface area contributed by atoms with Crippen LogP contribution >= 0.6 is 0 Å². The second kappa shape index (κ2) is 14.9. The van der Waals surface area contributed by atoms with Gasteiger partial charge in [-0.1, -0.05) is 76.2 Å². The number of piperazine rings is 1. The first-order valence-corrected chi connectivity index (χ1v) is 17.5. The predicted octanol–water partition coefficient (Wildman–Crippen LogP) is 4.53. The topological polar surface area (TPSA) is 149 Å². The van der Waals surface area contributed by atoms with Crippen molar-refractivity contribution in [1.82, 2.24) is 30.4 Å². The number of likely N-dealkylation sites (tertiary alicyclic amines) is 1. The van der Waals surface area contributed by atoms with Gasteiger partial charge in [-0.2, -0.15) is 0 Å². The normalized spacial score (nSPS) is 21.4. The number of hydrogen-bond donors (Lipinski definition) is 3. The van der Waals surface area contributed by atoms with Crippen molar-refractivity contribution in [1.29, 1.82) is 0 Å². The average Bonchev–Trinajstić information content (AvgIpc) is 3.90. The fourth-order valence-corrected chi connectivity index (χ4v) is 7.20. The number of amides is 4. The molecule has 4 amide bonds. The summed E-state index contributed by atoms with van der Waals surface area (Å²) in [6, 6.07) is 15.7. The fourth-order valence-electron chi connectivity index (χ4n) is 7.20. The number of carbonyl (C=O) groups is 4. The summed E-state index contributed by atoms with van der Waals surface area (Å²) < 4.78 is 4.76. The number of carbonyl (C=O) groups excluding carboxylic acids is 4. The molecule has 0 spiro atoms. The van der Waals surface area contributed by atoms with E-state index in [-0.39, 0.29) is 54.6 Å². The van der Waals surface area contributed by atoms with E-state index in [1.165, 1.54) is 12.7 Å². The minimum atomic E-state index is -0.639. The zero-order chi connectivity index (χ0) is 35.5. The summed E-state index contributed by atoms with van der Waals surface area (Å²) in [5, 5.41) is 5.51. The van der Waals surface area contributed by atoms with E-state index < -0.39 is 18.2 Å². The zero-order valence-electron chi connectivity index (χ0n) is 29.4. The lowest BCUT2D eigenvalue weighted by Gasteiger charge is -2.33. The van der Waals surface area contributed by atoms with Crippen LogP contribution in [0.1, 0.15) is 64.3 Å². The van der Waals surface area contributed by atoms with E-state index in [2.05, 4.69) is 57.0 Å². The van der Waals surface area contributed by atoms with E-state index in [0.717, 1.165) is 47.4 Å². The maximum absolute atomic E-state index is 13.5. The third kappa shape index (κ3) is 7.44. The van der Waals surface area contributed by atoms with Crippen molar-refractivity contribution in [3.63, 3.8) is 0 Å². The first-order chi connectivity index (χ1) is 24.0. The molecule has 0 radical (unpaired) electrons. The highest BCUT2D eigenvalue weighted by Gasteiger charge is 2.39. The number of aromatic nitrogens is 2. The van der Waals surface area contributed by atoms with E-state index in [1.54, 1.807) is 11.1 Å².